The fourth-order valence-electron chi connectivity index (χ4n) is 3.65. The number of aromatic hydroxyl groups is 1. The number of phenols is 1. The molecule has 0 saturated heterocycles. The molecule has 3 heterocycles. The van der Waals surface area contributed by atoms with Gasteiger partial charge in [0.05, 0.1) is 16.3 Å². The van der Waals surface area contributed by atoms with Gasteiger partial charge in [-0.2, -0.15) is 4.98 Å². The summed E-state index contributed by atoms with van der Waals surface area (Å²) >= 11 is 0. The Balaban J connectivity index is 1.33. The number of hydrogen-bond acceptors (Lipinski definition) is 8. The molecule has 0 fully saturated rings. The van der Waals surface area contributed by atoms with Crippen LogP contribution in [0.3, 0.4) is 0 Å². The van der Waals surface area contributed by atoms with Gasteiger partial charge in [-0.25, -0.2) is 22.8 Å². The lowest BCUT2D eigenvalue weighted by Gasteiger charge is -2.08. The standard InChI is InChI=1S/C24H20FN5O4S/c25-17-4-2-16(3-5-17)21-22(30-13-14-34-24(30)29-21)20-10-12-27-23(28-20)26-11-1-15-35(32,33)19-8-6-18(31)7-9-19/h2-10,12-14,31H,1,11,15H2,(H,26,27,28). The van der Waals surface area contributed by atoms with Crippen LogP contribution in [0.1, 0.15) is 6.42 Å². The van der Waals surface area contributed by atoms with Gasteiger partial charge in [-0.15, -0.1) is 0 Å². The molecule has 0 amide bonds. The Morgan fingerprint density at radius 1 is 1.03 bits per heavy atom. The number of sulfone groups is 1. The normalized spacial score (nSPS) is 11.7. The van der Waals surface area contributed by atoms with Gasteiger partial charge in [0.2, 0.25) is 5.95 Å². The average molecular weight is 494 g/mol. The Morgan fingerprint density at radius 3 is 2.57 bits per heavy atom. The molecule has 3 aromatic heterocycles. The highest BCUT2D eigenvalue weighted by atomic mass is 32.2. The van der Waals surface area contributed by atoms with Crippen LogP contribution in [0.2, 0.25) is 0 Å². The van der Waals surface area contributed by atoms with E-state index in [2.05, 4.69) is 20.3 Å². The first-order valence-electron chi connectivity index (χ1n) is 10.7. The van der Waals surface area contributed by atoms with E-state index in [1.165, 1.54) is 42.7 Å². The van der Waals surface area contributed by atoms with Crippen LogP contribution in [0, 0.1) is 5.82 Å². The van der Waals surface area contributed by atoms with Crippen molar-refractivity contribution >= 4 is 21.6 Å². The van der Waals surface area contributed by atoms with Crippen molar-refractivity contribution in [2.24, 2.45) is 0 Å². The minimum absolute atomic E-state index is 0.0103. The highest BCUT2D eigenvalue weighted by molar-refractivity contribution is 7.91. The summed E-state index contributed by atoms with van der Waals surface area (Å²) < 4.78 is 45.6. The van der Waals surface area contributed by atoms with Crippen LogP contribution in [0.5, 0.6) is 5.75 Å². The zero-order chi connectivity index (χ0) is 24.4. The third-order valence-corrected chi connectivity index (χ3v) is 7.16. The zero-order valence-electron chi connectivity index (χ0n) is 18.3. The lowest BCUT2D eigenvalue weighted by molar-refractivity contribution is 0.475. The van der Waals surface area contributed by atoms with E-state index >= 15 is 0 Å². The Kier molecular flexibility index (Phi) is 5.91. The van der Waals surface area contributed by atoms with E-state index in [9.17, 15) is 17.9 Å². The van der Waals surface area contributed by atoms with E-state index in [1.54, 1.807) is 35.0 Å². The molecule has 0 aliphatic rings. The molecule has 0 atom stereocenters. The molecule has 5 rings (SSSR count). The number of aromatic nitrogens is 4. The first kappa shape index (κ1) is 22.5. The number of fused-ring (bicyclic) bond motifs is 1. The second kappa shape index (κ2) is 9.18. The van der Waals surface area contributed by atoms with E-state index in [0.29, 0.717) is 47.4 Å². The SMILES string of the molecule is O=S(=O)(CCCNc1nccc(-c2c(-c3ccc(F)cc3)nc3occn23)n1)c1ccc(O)cc1. The molecule has 0 bridgehead atoms. The Bertz CT molecular complexity index is 1580. The number of hydrogen-bond donors (Lipinski definition) is 2. The number of rotatable bonds is 8. The molecule has 11 heteroatoms. The molecule has 2 aromatic carbocycles. The molecular weight excluding hydrogens is 473 g/mol. The molecular formula is C24H20FN5O4S. The smallest absolute Gasteiger partial charge is 0.306 e. The minimum Gasteiger partial charge on any atom is -0.508 e. The Hall–Kier alpha value is -4.25. The lowest BCUT2D eigenvalue weighted by atomic mass is 10.1. The van der Waals surface area contributed by atoms with Crippen LogP contribution in [0.4, 0.5) is 10.3 Å². The van der Waals surface area contributed by atoms with Crippen molar-refractivity contribution < 1.29 is 22.3 Å². The van der Waals surface area contributed by atoms with Crippen LogP contribution in [0.25, 0.3) is 28.5 Å². The van der Waals surface area contributed by atoms with Gasteiger partial charge in [0.1, 0.15) is 29.2 Å². The Morgan fingerprint density at radius 2 is 1.80 bits per heavy atom. The summed E-state index contributed by atoms with van der Waals surface area (Å²) in [6, 6.07) is 13.2. The number of anilines is 1. The number of benzene rings is 2. The molecule has 35 heavy (non-hydrogen) atoms. The molecule has 9 nitrogen and oxygen atoms in total. The summed E-state index contributed by atoms with van der Waals surface area (Å²) in [6.07, 6.45) is 5.14. The second-order valence-electron chi connectivity index (χ2n) is 7.73. The molecule has 2 N–H and O–H groups in total. The van der Waals surface area contributed by atoms with Crippen molar-refractivity contribution in [3.8, 4) is 28.4 Å². The van der Waals surface area contributed by atoms with Crippen LogP contribution in [-0.2, 0) is 9.84 Å². The van der Waals surface area contributed by atoms with Gasteiger partial charge < -0.3 is 14.8 Å². The highest BCUT2D eigenvalue weighted by Crippen LogP contribution is 2.32. The van der Waals surface area contributed by atoms with Crippen LogP contribution in [-0.4, -0.2) is 45.2 Å². The van der Waals surface area contributed by atoms with Gasteiger partial charge in [0.25, 0.3) is 0 Å². The largest absolute Gasteiger partial charge is 0.508 e. The first-order chi connectivity index (χ1) is 16.9. The number of imidazole rings is 1. The maximum atomic E-state index is 13.4. The predicted octanol–water partition coefficient (Wildman–Crippen LogP) is 4.17. The third-order valence-electron chi connectivity index (χ3n) is 5.35. The summed E-state index contributed by atoms with van der Waals surface area (Å²) in [4.78, 5) is 13.5. The molecule has 0 radical (unpaired) electrons. The first-order valence-corrected chi connectivity index (χ1v) is 12.4. The molecule has 178 valence electrons. The average Bonchev–Trinajstić information content (AvgIpc) is 3.44. The van der Waals surface area contributed by atoms with E-state index in [0.717, 1.165) is 0 Å². The fourth-order valence-corrected chi connectivity index (χ4v) is 4.96. The second-order valence-corrected chi connectivity index (χ2v) is 9.84. The lowest BCUT2D eigenvalue weighted by Crippen LogP contribution is -2.13. The predicted molar refractivity (Wildman–Crippen MR) is 127 cm³/mol. The van der Waals surface area contributed by atoms with E-state index in [1.807, 2.05) is 0 Å². The van der Waals surface area contributed by atoms with Gasteiger partial charge in [-0.1, -0.05) is 0 Å². The maximum Gasteiger partial charge on any atom is 0.306 e. The van der Waals surface area contributed by atoms with Gasteiger partial charge >= 0.3 is 5.84 Å². The number of halogens is 1. The highest BCUT2D eigenvalue weighted by Gasteiger charge is 2.19. The van der Waals surface area contributed by atoms with Crippen molar-refractivity contribution in [1.82, 2.24) is 19.4 Å². The van der Waals surface area contributed by atoms with Crippen molar-refractivity contribution in [2.45, 2.75) is 11.3 Å². The van der Waals surface area contributed by atoms with Gasteiger partial charge in [0.15, 0.2) is 9.84 Å². The van der Waals surface area contributed by atoms with Crippen LogP contribution in [0.15, 0.2) is 82.6 Å². The molecule has 0 aliphatic heterocycles. The molecule has 0 aliphatic carbocycles. The molecule has 0 unspecified atom stereocenters. The van der Waals surface area contributed by atoms with Crippen molar-refractivity contribution in [2.75, 3.05) is 17.6 Å². The van der Waals surface area contributed by atoms with Gasteiger partial charge in [0, 0.05) is 24.5 Å². The van der Waals surface area contributed by atoms with Crippen LogP contribution >= 0.6 is 0 Å². The third kappa shape index (κ3) is 4.71. The molecule has 5 aromatic rings. The number of phenolic OH excluding ortho intramolecular Hbond substituents is 1. The minimum atomic E-state index is -3.47. The summed E-state index contributed by atoms with van der Waals surface area (Å²) in [6.45, 7) is 0.332. The number of nitrogens with one attached hydrogen (secondary N) is 1. The van der Waals surface area contributed by atoms with Crippen molar-refractivity contribution in [1.29, 1.82) is 0 Å². The quantitative estimate of drug-likeness (QED) is 0.309. The van der Waals surface area contributed by atoms with Crippen molar-refractivity contribution in [3.05, 3.63) is 79.1 Å². The fraction of sp³-hybridized carbons (Fsp3) is 0.125. The Labute approximate surface area is 199 Å². The number of oxazole rings is 1. The zero-order valence-corrected chi connectivity index (χ0v) is 19.1. The number of nitrogens with zero attached hydrogens (tertiary/aromatic N) is 4. The van der Waals surface area contributed by atoms with Crippen molar-refractivity contribution in [3.63, 3.8) is 0 Å². The summed E-state index contributed by atoms with van der Waals surface area (Å²) in [5, 5.41) is 12.4. The molecule has 0 spiro atoms. The topological polar surface area (TPSA) is 123 Å². The maximum absolute atomic E-state index is 13.4. The van der Waals surface area contributed by atoms with E-state index in [-0.39, 0.29) is 22.2 Å². The summed E-state index contributed by atoms with van der Waals surface area (Å²) in [7, 11) is -3.47. The van der Waals surface area contributed by atoms with Gasteiger partial charge in [-0.05, 0) is 61.0 Å². The van der Waals surface area contributed by atoms with Gasteiger partial charge in [-0.3, -0.25) is 4.40 Å². The van der Waals surface area contributed by atoms with Crippen LogP contribution < -0.4 is 5.32 Å². The van der Waals surface area contributed by atoms with E-state index < -0.39 is 9.84 Å². The summed E-state index contributed by atoms with van der Waals surface area (Å²) in [5.41, 5.74) is 2.50. The molecule has 0 saturated carbocycles. The van der Waals surface area contributed by atoms with E-state index in [4.69, 9.17) is 4.42 Å². The monoisotopic (exact) mass is 493 g/mol. The summed E-state index contributed by atoms with van der Waals surface area (Å²) in [5.74, 6) is 0.285.